The van der Waals surface area contributed by atoms with Crippen LogP contribution in [0.15, 0.2) is 54.7 Å². The van der Waals surface area contributed by atoms with Crippen molar-refractivity contribution in [3.63, 3.8) is 0 Å². The highest BCUT2D eigenvalue weighted by molar-refractivity contribution is 7.04. The smallest absolute Gasteiger partial charge is 0.201 e. The van der Waals surface area contributed by atoms with Gasteiger partial charge in [-0.25, -0.2) is 4.57 Å². The van der Waals surface area contributed by atoms with Crippen molar-refractivity contribution in [2.75, 3.05) is 0 Å². The minimum Gasteiger partial charge on any atom is -0.201 e. The zero-order chi connectivity index (χ0) is 17.8. The minimum atomic E-state index is -1.88. The molecule has 1 aliphatic rings. The van der Waals surface area contributed by atoms with E-state index in [1.54, 1.807) is 0 Å². The topological polar surface area (TPSA) is 27.7 Å². The Morgan fingerprint density at radius 2 is 1.76 bits per heavy atom. The van der Waals surface area contributed by atoms with Gasteiger partial charge in [0.15, 0.2) is 6.20 Å². The number of pyridine rings is 1. The summed E-state index contributed by atoms with van der Waals surface area (Å²) in [6, 6.07) is 19.4. The Kier molecular flexibility index (Phi) is 3.42. The van der Waals surface area contributed by atoms with Crippen molar-refractivity contribution in [3.05, 3.63) is 65.9 Å². The van der Waals surface area contributed by atoms with Gasteiger partial charge in [0.2, 0.25) is 5.69 Å². The number of aromatic nitrogens is 1. The van der Waals surface area contributed by atoms with E-state index in [4.69, 9.17) is 0 Å². The maximum absolute atomic E-state index is 9.33. The number of nitriles is 1. The average molecular weight is 342 g/mol. The Labute approximate surface area is 150 Å². The Bertz CT molecular complexity index is 1060. The van der Waals surface area contributed by atoms with Gasteiger partial charge in [-0.2, -0.15) is 5.26 Å². The monoisotopic (exact) mass is 341 g/mol. The zero-order valence-electron chi connectivity index (χ0n) is 15.1. The molecule has 2 heterocycles. The van der Waals surface area contributed by atoms with Gasteiger partial charge in [-0.1, -0.05) is 31.3 Å². The van der Waals surface area contributed by atoms with Crippen molar-refractivity contribution in [1.82, 2.24) is 0 Å². The lowest BCUT2D eigenvalue weighted by Gasteiger charge is -2.22. The number of nitrogens with zero attached hydrogens (tertiary/aromatic N) is 2. The normalized spacial score (nSPS) is 13.9. The quantitative estimate of drug-likeness (QED) is 0.493. The molecule has 3 aromatic rings. The Morgan fingerprint density at radius 3 is 2.48 bits per heavy atom. The second-order valence-corrected chi connectivity index (χ2v) is 11.7. The first kappa shape index (κ1) is 15.8. The minimum absolute atomic E-state index is 0.760. The van der Waals surface area contributed by atoms with E-state index >= 15 is 0 Å². The molecule has 0 fully saturated rings. The third-order valence-corrected chi connectivity index (χ3v) is 8.99. The number of hydrogen-bond acceptors (Lipinski definition) is 1. The zero-order valence-corrected chi connectivity index (χ0v) is 16.1. The number of aryl methyl sites for hydroxylation is 2. The van der Waals surface area contributed by atoms with Crippen molar-refractivity contribution in [1.29, 1.82) is 5.26 Å². The summed E-state index contributed by atoms with van der Waals surface area (Å²) in [6.07, 6.45) is 2.11. The summed E-state index contributed by atoms with van der Waals surface area (Å²) in [7, 11) is 0.235. The Morgan fingerprint density at radius 1 is 1.00 bits per heavy atom. The largest absolute Gasteiger partial charge is 0.212 e. The molecule has 0 radical (unpaired) electrons. The van der Waals surface area contributed by atoms with Gasteiger partial charge in [0.05, 0.1) is 11.6 Å². The molecule has 2 aromatic carbocycles. The molecule has 0 N–H and O–H groups in total. The van der Waals surface area contributed by atoms with Gasteiger partial charge < -0.3 is 0 Å². The number of fused-ring (bicyclic) bond motifs is 3. The average Bonchev–Trinajstić information content (AvgIpc) is 2.83. The first-order chi connectivity index (χ1) is 11.9. The van der Waals surface area contributed by atoms with E-state index in [9.17, 15) is 5.26 Å². The Hall–Kier alpha value is -2.70. The van der Waals surface area contributed by atoms with E-state index in [1.165, 1.54) is 38.3 Å². The van der Waals surface area contributed by atoms with Gasteiger partial charge in [-0.05, 0) is 52.2 Å². The first-order valence-electron chi connectivity index (χ1n) is 8.59. The Balaban J connectivity index is 2.09. The van der Waals surface area contributed by atoms with Crippen molar-refractivity contribution in [2.45, 2.75) is 20.0 Å². The molecule has 0 bridgehead atoms. The highest BCUT2D eigenvalue weighted by atomic mass is 28.3. The van der Waals surface area contributed by atoms with Crippen LogP contribution in [0.1, 0.15) is 11.1 Å². The second kappa shape index (κ2) is 5.40. The summed E-state index contributed by atoms with van der Waals surface area (Å²) in [6.45, 7) is 7.02. The van der Waals surface area contributed by atoms with E-state index in [0.717, 1.165) is 5.56 Å². The van der Waals surface area contributed by atoms with Crippen LogP contribution < -0.4 is 14.9 Å². The molecule has 4 rings (SSSR count). The molecular formula is C22H21N2Si+. The molecule has 1 aliphatic heterocycles. The summed E-state index contributed by atoms with van der Waals surface area (Å²) < 4.78 is 2.21. The fraction of sp³-hybridized carbons (Fsp3) is 0.182. The molecule has 0 spiro atoms. The fourth-order valence-corrected chi connectivity index (χ4v) is 7.71. The summed E-state index contributed by atoms with van der Waals surface area (Å²) in [5, 5.41) is 12.2. The third kappa shape index (κ3) is 2.18. The van der Waals surface area contributed by atoms with Crippen molar-refractivity contribution in [3.8, 4) is 28.5 Å². The van der Waals surface area contributed by atoms with Crippen molar-refractivity contribution < 1.29 is 4.57 Å². The summed E-state index contributed by atoms with van der Waals surface area (Å²) in [5.41, 5.74) is 7.36. The van der Waals surface area contributed by atoms with Gasteiger partial charge >= 0.3 is 0 Å². The molecule has 122 valence electrons. The molecule has 0 amide bonds. The molecule has 3 heteroatoms. The first-order valence-corrected chi connectivity index (χ1v) is 11.6. The predicted octanol–water partition coefficient (Wildman–Crippen LogP) is 3.16. The fourth-order valence-electron chi connectivity index (χ4n) is 4.19. The second-order valence-electron chi connectivity index (χ2n) is 7.37. The lowest BCUT2D eigenvalue weighted by atomic mass is 9.97. The highest BCUT2D eigenvalue weighted by Crippen LogP contribution is 2.34. The van der Waals surface area contributed by atoms with Crippen LogP contribution in [0.5, 0.6) is 0 Å². The SMILES string of the molecule is Cc1ccc2c(c1-c1cccc[n+]1C)[Si](C)(C)c1cc(C#N)ccc1-2. The summed E-state index contributed by atoms with van der Waals surface area (Å²) in [5.74, 6) is 0. The van der Waals surface area contributed by atoms with Crippen molar-refractivity contribution in [2.24, 2.45) is 7.05 Å². The maximum Gasteiger partial charge on any atom is 0.212 e. The molecule has 0 atom stereocenters. The molecule has 0 unspecified atom stereocenters. The van der Waals surface area contributed by atoms with Gasteiger partial charge in [0, 0.05) is 17.7 Å². The van der Waals surface area contributed by atoms with E-state index in [1.807, 2.05) is 6.07 Å². The van der Waals surface area contributed by atoms with Gasteiger partial charge in [-0.3, -0.25) is 0 Å². The standard InChI is InChI=1S/C22H21N2Si/c1-15-8-10-18-17-11-9-16(14-23)13-20(17)25(3,4)22(18)21(15)19-7-5-6-12-24(19)2/h5-13H,1-4H3/q+1. The van der Waals surface area contributed by atoms with Crippen LogP contribution in [0.4, 0.5) is 0 Å². The van der Waals surface area contributed by atoms with Crippen LogP contribution in [0, 0.1) is 18.3 Å². The molecular weight excluding hydrogens is 320 g/mol. The molecule has 0 aliphatic carbocycles. The highest BCUT2D eigenvalue weighted by Gasteiger charge is 2.41. The van der Waals surface area contributed by atoms with E-state index in [0.29, 0.717) is 0 Å². The van der Waals surface area contributed by atoms with Crippen LogP contribution in [0.25, 0.3) is 22.4 Å². The summed E-state index contributed by atoms with van der Waals surface area (Å²) >= 11 is 0. The van der Waals surface area contributed by atoms with Crippen LogP contribution >= 0.6 is 0 Å². The lowest BCUT2D eigenvalue weighted by molar-refractivity contribution is -0.660. The predicted molar refractivity (Wildman–Crippen MR) is 105 cm³/mol. The van der Waals surface area contributed by atoms with Crippen LogP contribution in [-0.4, -0.2) is 8.07 Å². The van der Waals surface area contributed by atoms with Crippen LogP contribution in [0.2, 0.25) is 13.1 Å². The summed E-state index contributed by atoms with van der Waals surface area (Å²) in [4.78, 5) is 0. The molecule has 0 saturated heterocycles. The van der Waals surface area contributed by atoms with E-state index < -0.39 is 8.07 Å². The molecule has 1 aromatic heterocycles. The van der Waals surface area contributed by atoms with Crippen molar-refractivity contribution >= 4 is 18.4 Å². The number of benzene rings is 2. The van der Waals surface area contributed by atoms with Crippen LogP contribution in [-0.2, 0) is 7.05 Å². The van der Waals surface area contributed by atoms with Gasteiger partial charge in [0.25, 0.3) is 0 Å². The van der Waals surface area contributed by atoms with E-state index in [2.05, 4.69) is 86.4 Å². The van der Waals surface area contributed by atoms with E-state index in [-0.39, 0.29) is 0 Å². The van der Waals surface area contributed by atoms with Crippen LogP contribution in [0.3, 0.4) is 0 Å². The molecule has 2 nitrogen and oxygen atoms in total. The maximum atomic E-state index is 9.33. The third-order valence-electron chi connectivity index (χ3n) is 5.46. The van der Waals surface area contributed by atoms with Gasteiger partial charge in [-0.15, -0.1) is 0 Å². The lowest BCUT2D eigenvalue weighted by Crippen LogP contribution is -2.51. The number of rotatable bonds is 1. The van der Waals surface area contributed by atoms with Gasteiger partial charge in [0.1, 0.15) is 15.1 Å². The molecule has 0 saturated carbocycles. The molecule has 25 heavy (non-hydrogen) atoms. The number of hydrogen-bond donors (Lipinski definition) is 0.